The summed E-state index contributed by atoms with van der Waals surface area (Å²) in [5.74, 6) is 2.08. The largest absolute Gasteiger partial charge is 0.370 e. The van der Waals surface area contributed by atoms with E-state index in [4.69, 9.17) is 9.72 Å². The summed E-state index contributed by atoms with van der Waals surface area (Å²) >= 11 is 3.63. The van der Waals surface area contributed by atoms with Gasteiger partial charge >= 0.3 is 0 Å². The second-order valence-electron chi connectivity index (χ2n) is 5.21. The quantitative estimate of drug-likeness (QED) is 0.886. The number of nitrogens with zero attached hydrogens (tertiary/aromatic N) is 2. The Morgan fingerprint density at radius 3 is 2.79 bits per heavy atom. The average molecular weight is 328 g/mol. The molecule has 0 aliphatic carbocycles. The van der Waals surface area contributed by atoms with Gasteiger partial charge in [0.1, 0.15) is 11.9 Å². The molecule has 1 N–H and O–H groups in total. The maximum Gasteiger partial charge on any atom is 0.159 e. The van der Waals surface area contributed by atoms with E-state index in [0.717, 1.165) is 54.2 Å². The van der Waals surface area contributed by atoms with E-state index in [1.54, 1.807) is 0 Å². The third-order valence-corrected chi connectivity index (χ3v) is 3.98. The number of aromatic nitrogens is 2. The second-order valence-corrected chi connectivity index (χ2v) is 6.01. The Morgan fingerprint density at radius 1 is 1.42 bits per heavy atom. The minimum absolute atomic E-state index is 0.0628. The molecule has 0 spiro atoms. The van der Waals surface area contributed by atoms with Gasteiger partial charge in [-0.3, -0.25) is 0 Å². The van der Waals surface area contributed by atoms with Gasteiger partial charge < -0.3 is 10.1 Å². The lowest BCUT2D eigenvalue weighted by Gasteiger charge is -2.17. The van der Waals surface area contributed by atoms with Crippen molar-refractivity contribution in [3.05, 3.63) is 16.0 Å². The van der Waals surface area contributed by atoms with E-state index in [0.29, 0.717) is 5.92 Å². The fourth-order valence-electron chi connectivity index (χ4n) is 2.15. The Hall–Kier alpha value is -0.680. The molecular formula is C14H22BrN3O. The van der Waals surface area contributed by atoms with Crippen LogP contribution in [0.2, 0.25) is 0 Å². The van der Waals surface area contributed by atoms with E-state index >= 15 is 0 Å². The molecule has 2 rings (SSSR count). The van der Waals surface area contributed by atoms with Gasteiger partial charge in [-0.15, -0.1) is 0 Å². The van der Waals surface area contributed by atoms with Crippen LogP contribution in [0.25, 0.3) is 0 Å². The van der Waals surface area contributed by atoms with Crippen LogP contribution < -0.4 is 5.32 Å². The van der Waals surface area contributed by atoms with E-state index in [2.05, 4.69) is 47.0 Å². The molecule has 1 atom stereocenters. The van der Waals surface area contributed by atoms with E-state index in [9.17, 15) is 0 Å². The molecule has 106 valence electrons. The maximum atomic E-state index is 5.70. The molecule has 0 bridgehead atoms. The highest BCUT2D eigenvalue weighted by atomic mass is 79.9. The highest BCUT2D eigenvalue weighted by Crippen LogP contribution is 2.33. The van der Waals surface area contributed by atoms with Crippen molar-refractivity contribution in [1.29, 1.82) is 0 Å². The summed E-state index contributed by atoms with van der Waals surface area (Å²) in [7, 11) is 0. The van der Waals surface area contributed by atoms with Gasteiger partial charge in [-0.25, -0.2) is 9.97 Å². The lowest BCUT2D eigenvalue weighted by molar-refractivity contribution is 0.105. The minimum Gasteiger partial charge on any atom is -0.370 e. The first kappa shape index (κ1) is 14.7. The molecule has 1 aliphatic rings. The van der Waals surface area contributed by atoms with Gasteiger partial charge in [0, 0.05) is 13.2 Å². The van der Waals surface area contributed by atoms with Crippen LogP contribution in [0.15, 0.2) is 4.47 Å². The van der Waals surface area contributed by atoms with Crippen LogP contribution in [0.5, 0.6) is 0 Å². The molecule has 0 aromatic carbocycles. The maximum absolute atomic E-state index is 5.70. The van der Waals surface area contributed by atoms with Gasteiger partial charge in [-0.05, 0) is 41.1 Å². The van der Waals surface area contributed by atoms with Crippen molar-refractivity contribution in [3.63, 3.8) is 0 Å². The average Bonchev–Trinajstić information content (AvgIpc) is 2.91. The molecule has 1 saturated heterocycles. The zero-order valence-corrected chi connectivity index (χ0v) is 13.5. The smallest absolute Gasteiger partial charge is 0.159 e. The first-order valence-corrected chi connectivity index (χ1v) is 7.85. The second kappa shape index (κ2) is 6.66. The van der Waals surface area contributed by atoms with Gasteiger partial charge in [0.2, 0.25) is 0 Å². The van der Waals surface area contributed by atoms with Crippen molar-refractivity contribution in [3.8, 4) is 0 Å². The lowest BCUT2D eigenvalue weighted by atomic mass is 10.1. The number of hydrogen-bond donors (Lipinski definition) is 1. The Kier molecular flexibility index (Phi) is 5.16. The first-order chi connectivity index (χ1) is 9.13. The molecule has 0 amide bonds. The summed E-state index contributed by atoms with van der Waals surface area (Å²) in [4.78, 5) is 9.34. The Balaban J connectivity index is 2.35. The summed E-state index contributed by atoms with van der Waals surface area (Å²) in [6.07, 6.45) is 3.25. The van der Waals surface area contributed by atoms with Crippen molar-refractivity contribution in [2.24, 2.45) is 0 Å². The number of anilines is 1. The SMILES string of the molecule is CCCNc1nc(C2CCCO2)nc(C(C)C)c1Br. The molecule has 0 saturated carbocycles. The molecule has 5 heteroatoms. The van der Waals surface area contributed by atoms with Crippen molar-refractivity contribution in [2.75, 3.05) is 18.5 Å². The van der Waals surface area contributed by atoms with Crippen LogP contribution in [0, 0.1) is 0 Å². The monoisotopic (exact) mass is 327 g/mol. The highest BCUT2D eigenvalue weighted by molar-refractivity contribution is 9.10. The van der Waals surface area contributed by atoms with Gasteiger partial charge in [0.25, 0.3) is 0 Å². The third kappa shape index (κ3) is 3.45. The van der Waals surface area contributed by atoms with Gasteiger partial charge in [0.15, 0.2) is 5.82 Å². The molecule has 1 aromatic rings. The Labute approximate surface area is 123 Å². The fourth-order valence-corrected chi connectivity index (χ4v) is 2.93. The molecular weight excluding hydrogens is 306 g/mol. The topological polar surface area (TPSA) is 47.0 Å². The highest BCUT2D eigenvalue weighted by Gasteiger charge is 2.24. The predicted molar refractivity (Wildman–Crippen MR) is 80.5 cm³/mol. The zero-order valence-electron chi connectivity index (χ0n) is 11.9. The summed E-state index contributed by atoms with van der Waals surface area (Å²) in [5, 5.41) is 3.37. The zero-order chi connectivity index (χ0) is 13.8. The van der Waals surface area contributed by atoms with Crippen molar-refractivity contribution in [1.82, 2.24) is 9.97 Å². The molecule has 1 unspecified atom stereocenters. The number of halogens is 1. The van der Waals surface area contributed by atoms with Crippen LogP contribution in [0.3, 0.4) is 0 Å². The summed E-state index contributed by atoms with van der Waals surface area (Å²) in [5.41, 5.74) is 1.05. The van der Waals surface area contributed by atoms with Gasteiger partial charge in [0.05, 0.1) is 10.2 Å². The molecule has 4 nitrogen and oxygen atoms in total. The normalized spacial score (nSPS) is 19.1. The number of nitrogens with one attached hydrogen (secondary N) is 1. The minimum atomic E-state index is 0.0628. The van der Waals surface area contributed by atoms with E-state index in [-0.39, 0.29) is 6.10 Å². The molecule has 19 heavy (non-hydrogen) atoms. The molecule has 1 aliphatic heterocycles. The number of ether oxygens (including phenoxy) is 1. The van der Waals surface area contributed by atoms with Crippen LogP contribution >= 0.6 is 15.9 Å². The fraction of sp³-hybridized carbons (Fsp3) is 0.714. The van der Waals surface area contributed by atoms with Gasteiger partial charge in [-0.1, -0.05) is 20.8 Å². The van der Waals surface area contributed by atoms with Crippen molar-refractivity contribution >= 4 is 21.7 Å². The van der Waals surface area contributed by atoms with Crippen LogP contribution in [0.1, 0.15) is 63.6 Å². The van der Waals surface area contributed by atoms with Crippen LogP contribution in [-0.4, -0.2) is 23.1 Å². The van der Waals surface area contributed by atoms with Crippen LogP contribution in [0.4, 0.5) is 5.82 Å². The van der Waals surface area contributed by atoms with Gasteiger partial charge in [-0.2, -0.15) is 0 Å². The molecule has 2 heterocycles. The molecule has 0 radical (unpaired) electrons. The Morgan fingerprint density at radius 2 is 2.21 bits per heavy atom. The first-order valence-electron chi connectivity index (χ1n) is 7.06. The predicted octanol–water partition coefficient (Wildman–Crippen LogP) is 4.04. The number of rotatable bonds is 5. The van der Waals surface area contributed by atoms with Crippen molar-refractivity contribution < 1.29 is 4.74 Å². The molecule has 1 fully saturated rings. The molecule has 1 aromatic heterocycles. The van der Waals surface area contributed by atoms with E-state index in [1.165, 1.54) is 0 Å². The van der Waals surface area contributed by atoms with E-state index in [1.807, 2.05) is 0 Å². The third-order valence-electron chi connectivity index (χ3n) is 3.20. The van der Waals surface area contributed by atoms with Crippen LogP contribution in [-0.2, 0) is 4.74 Å². The lowest BCUT2D eigenvalue weighted by Crippen LogP contribution is -2.12. The van der Waals surface area contributed by atoms with Crippen molar-refractivity contribution in [2.45, 2.75) is 52.1 Å². The standard InChI is InChI=1S/C14H22BrN3O/c1-4-7-16-14-11(15)12(9(2)3)17-13(18-14)10-6-5-8-19-10/h9-10H,4-8H2,1-3H3,(H,16,17,18). The number of hydrogen-bond acceptors (Lipinski definition) is 4. The summed E-state index contributed by atoms with van der Waals surface area (Å²) < 4.78 is 6.69. The summed E-state index contributed by atoms with van der Waals surface area (Å²) in [6, 6.07) is 0. The Bertz CT molecular complexity index is 431. The summed E-state index contributed by atoms with van der Waals surface area (Å²) in [6.45, 7) is 8.18. The van der Waals surface area contributed by atoms with E-state index < -0.39 is 0 Å².